The maximum Gasteiger partial charge on any atom is 0.193 e. The van der Waals surface area contributed by atoms with Crippen molar-refractivity contribution in [2.24, 2.45) is 0 Å². The van der Waals surface area contributed by atoms with Crippen LogP contribution in [0.25, 0.3) is 6.08 Å². The zero-order valence-corrected chi connectivity index (χ0v) is 16.7. The molecule has 3 heteroatoms. The van der Waals surface area contributed by atoms with Crippen molar-refractivity contribution in [2.75, 3.05) is 11.5 Å². The summed E-state index contributed by atoms with van der Waals surface area (Å²) in [5.41, 5.74) is 2.72. The molecule has 3 rings (SSSR count). The Morgan fingerprint density at radius 2 is 1.37 bits per heavy atom. The van der Waals surface area contributed by atoms with Gasteiger partial charge in [-0.2, -0.15) is 0 Å². The topological polar surface area (TPSA) is 17.1 Å². The highest BCUT2D eigenvalue weighted by Gasteiger charge is 2.08. The highest BCUT2D eigenvalue weighted by Crippen LogP contribution is 2.21. The monoisotopic (exact) mass is 390 g/mol. The van der Waals surface area contributed by atoms with E-state index in [4.69, 9.17) is 0 Å². The first-order valence-electron chi connectivity index (χ1n) is 8.99. The van der Waals surface area contributed by atoms with Crippen LogP contribution in [0.1, 0.15) is 27.9 Å². The highest BCUT2D eigenvalue weighted by molar-refractivity contribution is 8.02. The third-order valence-electron chi connectivity index (χ3n) is 3.98. The van der Waals surface area contributed by atoms with Gasteiger partial charge in [0.2, 0.25) is 0 Å². The van der Waals surface area contributed by atoms with E-state index in [-0.39, 0.29) is 5.78 Å². The molecule has 0 aliphatic heterocycles. The summed E-state index contributed by atoms with van der Waals surface area (Å²) in [5.74, 6) is 2.27. The van der Waals surface area contributed by atoms with E-state index < -0.39 is 0 Å². The van der Waals surface area contributed by atoms with Gasteiger partial charge >= 0.3 is 0 Å². The van der Waals surface area contributed by atoms with Crippen LogP contribution in [-0.2, 0) is 0 Å². The molecule has 3 aromatic carbocycles. The van der Waals surface area contributed by atoms with E-state index in [1.807, 2.05) is 84.2 Å². The summed E-state index contributed by atoms with van der Waals surface area (Å²) in [4.78, 5) is 13.6. The van der Waals surface area contributed by atoms with Crippen molar-refractivity contribution in [3.63, 3.8) is 0 Å². The minimum Gasteiger partial charge on any atom is -0.289 e. The van der Waals surface area contributed by atoms with Gasteiger partial charge in [0.15, 0.2) is 5.78 Å². The van der Waals surface area contributed by atoms with Gasteiger partial charge in [-0.3, -0.25) is 4.79 Å². The largest absolute Gasteiger partial charge is 0.289 e. The van der Waals surface area contributed by atoms with Crippen LogP contribution in [0.2, 0.25) is 0 Å². The second-order valence-electron chi connectivity index (χ2n) is 6.01. The second kappa shape index (κ2) is 10.8. The Kier molecular flexibility index (Phi) is 7.82. The molecule has 0 heterocycles. The summed E-state index contributed by atoms with van der Waals surface area (Å²) in [6.07, 6.45) is 3.31. The molecule has 0 bridgehead atoms. The Balaban J connectivity index is 1.38. The number of ketones is 1. The molecule has 0 saturated heterocycles. The number of carbonyl (C=O) groups is 1. The molecule has 0 radical (unpaired) electrons. The lowest BCUT2D eigenvalue weighted by Crippen LogP contribution is -2.00. The molecule has 0 atom stereocenters. The van der Waals surface area contributed by atoms with Gasteiger partial charge in [-0.15, -0.1) is 23.5 Å². The van der Waals surface area contributed by atoms with Gasteiger partial charge in [-0.1, -0.05) is 60.7 Å². The Morgan fingerprint density at radius 1 is 0.741 bits per heavy atom. The highest BCUT2D eigenvalue weighted by atomic mass is 32.2. The number of hydrogen-bond donors (Lipinski definition) is 0. The van der Waals surface area contributed by atoms with Crippen LogP contribution in [0.5, 0.6) is 0 Å². The van der Waals surface area contributed by atoms with Crippen LogP contribution >= 0.6 is 23.5 Å². The molecule has 0 unspecified atom stereocenters. The van der Waals surface area contributed by atoms with E-state index in [1.54, 1.807) is 0 Å². The van der Waals surface area contributed by atoms with Crippen LogP contribution < -0.4 is 0 Å². The summed E-state index contributed by atoms with van der Waals surface area (Å²) in [6.45, 7) is 0. The minimum absolute atomic E-state index is 0.0775. The number of benzene rings is 3. The van der Waals surface area contributed by atoms with Gasteiger partial charge in [0.1, 0.15) is 0 Å². The van der Waals surface area contributed by atoms with Crippen molar-refractivity contribution in [1.82, 2.24) is 0 Å². The van der Waals surface area contributed by atoms with Crippen LogP contribution in [0.4, 0.5) is 0 Å². The Labute approximate surface area is 169 Å². The normalized spacial score (nSPS) is 11.0. The zero-order chi connectivity index (χ0) is 18.7. The number of thioether (sulfide) groups is 2. The van der Waals surface area contributed by atoms with Gasteiger partial charge in [-0.25, -0.2) is 0 Å². The average Bonchev–Trinajstić information content (AvgIpc) is 2.74. The Morgan fingerprint density at radius 3 is 2.07 bits per heavy atom. The smallest absolute Gasteiger partial charge is 0.193 e. The van der Waals surface area contributed by atoms with Crippen molar-refractivity contribution in [1.29, 1.82) is 0 Å². The first kappa shape index (κ1) is 19.5. The minimum atomic E-state index is 0.0775. The number of carbonyl (C=O) groups excluding carboxylic acids is 1. The predicted molar refractivity (Wildman–Crippen MR) is 120 cm³/mol. The standard InChI is InChI=1S/C24H22OS2/c25-24(21-10-5-2-6-11-21)22-12-14-23(15-13-22)27-18-7-17-26-19-16-20-8-3-1-4-9-20/h1-6,8-16,19H,7,17-18H2/b19-16+. The molecule has 0 aliphatic carbocycles. The van der Waals surface area contributed by atoms with Crippen molar-refractivity contribution < 1.29 is 4.79 Å². The van der Waals surface area contributed by atoms with Crippen molar-refractivity contribution in [3.8, 4) is 0 Å². The van der Waals surface area contributed by atoms with Gasteiger partial charge in [-0.05, 0) is 59.2 Å². The van der Waals surface area contributed by atoms with E-state index in [0.717, 1.165) is 29.1 Å². The van der Waals surface area contributed by atoms with Crippen LogP contribution in [-0.4, -0.2) is 17.3 Å². The first-order valence-corrected chi connectivity index (χ1v) is 11.0. The van der Waals surface area contributed by atoms with E-state index in [9.17, 15) is 4.79 Å². The second-order valence-corrected chi connectivity index (χ2v) is 8.19. The molecular formula is C24H22OS2. The molecular weight excluding hydrogens is 368 g/mol. The predicted octanol–water partition coefficient (Wildman–Crippen LogP) is 6.80. The Bertz CT molecular complexity index is 856. The molecule has 0 N–H and O–H groups in total. The van der Waals surface area contributed by atoms with Crippen molar-refractivity contribution in [3.05, 3.63) is 107 Å². The molecule has 0 fully saturated rings. The van der Waals surface area contributed by atoms with Crippen molar-refractivity contribution in [2.45, 2.75) is 11.3 Å². The molecule has 0 amide bonds. The Hall–Kier alpha value is -2.23. The van der Waals surface area contributed by atoms with Gasteiger partial charge in [0.05, 0.1) is 0 Å². The van der Waals surface area contributed by atoms with Gasteiger partial charge in [0.25, 0.3) is 0 Å². The number of rotatable bonds is 9. The molecule has 27 heavy (non-hydrogen) atoms. The molecule has 0 spiro atoms. The fourth-order valence-electron chi connectivity index (χ4n) is 2.55. The summed E-state index contributed by atoms with van der Waals surface area (Å²) in [5, 5.41) is 2.17. The molecule has 0 aromatic heterocycles. The van der Waals surface area contributed by atoms with Crippen molar-refractivity contribution >= 4 is 35.4 Å². The zero-order valence-electron chi connectivity index (χ0n) is 15.1. The molecule has 1 nitrogen and oxygen atoms in total. The maximum atomic E-state index is 12.4. The van der Waals surface area contributed by atoms with E-state index >= 15 is 0 Å². The average molecular weight is 391 g/mol. The first-order chi connectivity index (χ1) is 13.3. The molecule has 0 aliphatic rings. The van der Waals surface area contributed by atoms with Gasteiger partial charge < -0.3 is 0 Å². The van der Waals surface area contributed by atoms with E-state index in [2.05, 4.69) is 35.7 Å². The SMILES string of the molecule is O=C(c1ccccc1)c1ccc(SCCCS/C=C/c2ccccc2)cc1. The van der Waals surface area contributed by atoms with Crippen LogP contribution in [0, 0.1) is 0 Å². The lowest BCUT2D eigenvalue weighted by atomic mass is 10.0. The quantitative estimate of drug-likeness (QED) is 0.227. The van der Waals surface area contributed by atoms with E-state index in [1.165, 1.54) is 10.5 Å². The van der Waals surface area contributed by atoms with Crippen LogP contribution in [0.3, 0.4) is 0 Å². The summed E-state index contributed by atoms with van der Waals surface area (Å²) in [6, 6.07) is 27.7. The summed E-state index contributed by atoms with van der Waals surface area (Å²) >= 11 is 3.69. The molecule has 0 saturated carbocycles. The lowest BCUT2D eigenvalue weighted by molar-refractivity contribution is 0.103. The maximum absolute atomic E-state index is 12.4. The lowest BCUT2D eigenvalue weighted by Gasteiger charge is -2.04. The molecule has 136 valence electrons. The van der Waals surface area contributed by atoms with Crippen LogP contribution in [0.15, 0.2) is 95.2 Å². The molecule has 3 aromatic rings. The number of hydrogen-bond acceptors (Lipinski definition) is 3. The fraction of sp³-hybridized carbons (Fsp3) is 0.125. The third-order valence-corrected chi connectivity index (χ3v) is 5.94. The van der Waals surface area contributed by atoms with Gasteiger partial charge in [0, 0.05) is 16.0 Å². The summed E-state index contributed by atoms with van der Waals surface area (Å²) in [7, 11) is 0. The van der Waals surface area contributed by atoms with E-state index in [0.29, 0.717) is 0 Å². The summed E-state index contributed by atoms with van der Waals surface area (Å²) < 4.78 is 0. The third kappa shape index (κ3) is 6.46. The fourth-order valence-corrected chi connectivity index (χ4v) is 4.29.